The van der Waals surface area contributed by atoms with Gasteiger partial charge in [-0.15, -0.1) is 0 Å². The lowest BCUT2D eigenvalue weighted by atomic mass is 10.2. The van der Waals surface area contributed by atoms with Crippen LogP contribution in [0.5, 0.6) is 0 Å². The molecule has 0 radical (unpaired) electrons. The van der Waals surface area contributed by atoms with E-state index in [9.17, 15) is 8.42 Å². The topological polar surface area (TPSA) is 78.1 Å². The van der Waals surface area contributed by atoms with Crippen LogP contribution in [0, 0.1) is 6.92 Å². The lowest BCUT2D eigenvalue weighted by Crippen LogP contribution is -2.43. The van der Waals surface area contributed by atoms with Crippen molar-refractivity contribution in [1.82, 2.24) is 15.5 Å². The Morgan fingerprint density at radius 2 is 1.76 bits per heavy atom. The van der Waals surface area contributed by atoms with Crippen molar-refractivity contribution < 1.29 is 8.42 Å². The number of hydrogen-bond donors (Lipinski definition) is 2. The second-order valence-corrected chi connectivity index (χ2v) is 8.16. The molecule has 0 unspecified atom stereocenters. The number of aromatic amines is 1. The standard InChI is InChI=1S/C18H20N4O2S/c1-13-5-7-14(8-6-13)25(23,24)18-17-15(20-21-18)3-2-4-16(17)22-11-9-19-10-12-22/h2-8,19H,9-12H2,1H3,(H,20,21). The van der Waals surface area contributed by atoms with Gasteiger partial charge in [-0.25, -0.2) is 8.42 Å². The molecule has 3 aromatic rings. The first-order chi connectivity index (χ1) is 12.1. The van der Waals surface area contributed by atoms with Gasteiger partial charge >= 0.3 is 0 Å². The van der Waals surface area contributed by atoms with Crippen LogP contribution in [0.15, 0.2) is 52.4 Å². The molecular formula is C18H20N4O2S. The van der Waals surface area contributed by atoms with Gasteiger partial charge in [-0.3, -0.25) is 5.10 Å². The monoisotopic (exact) mass is 356 g/mol. The van der Waals surface area contributed by atoms with Gasteiger partial charge in [0.15, 0.2) is 5.03 Å². The number of anilines is 1. The predicted molar refractivity (Wildman–Crippen MR) is 97.8 cm³/mol. The highest BCUT2D eigenvalue weighted by Gasteiger charge is 2.26. The fourth-order valence-corrected chi connectivity index (χ4v) is 4.59. The number of fused-ring (bicyclic) bond motifs is 1. The highest BCUT2D eigenvalue weighted by Crippen LogP contribution is 2.33. The molecule has 130 valence electrons. The van der Waals surface area contributed by atoms with Crippen LogP contribution < -0.4 is 10.2 Å². The van der Waals surface area contributed by atoms with Gasteiger partial charge in [-0.1, -0.05) is 23.8 Å². The molecule has 6 nitrogen and oxygen atoms in total. The molecule has 0 atom stereocenters. The van der Waals surface area contributed by atoms with Crippen molar-refractivity contribution in [3.8, 4) is 0 Å². The van der Waals surface area contributed by atoms with Crippen molar-refractivity contribution in [3.05, 3.63) is 48.0 Å². The molecule has 0 spiro atoms. The van der Waals surface area contributed by atoms with E-state index in [2.05, 4.69) is 20.4 Å². The Kier molecular flexibility index (Phi) is 3.97. The molecule has 1 saturated heterocycles. The fraction of sp³-hybridized carbons (Fsp3) is 0.278. The molecule has 0 aliphatic carbocycles. The number of benzene rings is 2. The van der Waals surface area contributed by atoms with E-state index in [1.807, 2.05) is 37.3 Å². The van der Waals surface area contributed by atoms with Crippen LogP contribution in [0.25, 0.3) is 10.9 Å². The van der Waals surface area contributed by atoms with Crippen LogP contribution in [0.2, 0.25) is 0 Å². The Labute approximate surface area is 146 Å². The molecule has 0 amide bonds. The summed E-state index contributed by atoms with van der Waals surface area (Å²) in [4.78, 5) is 2.49. The summed E-state index contributed by atoms with van der Waals surface area (Å²) >= 11 is 0. The van der Waals surface area contributed by atoms with E-state index >= 15 is 0 Å². The van der Waals surface area contributed by atoms with E-state index in [1.54, 1.807) is 12.1 Å². The molecule has 2 heterocycles. The quantitative estimate of drug-likeness (QED) is 0.752. The Hall–Kier alpha value is -2.38. The van der Waals surface area contributed by atoms with Gasteiger partial charge in [0.2, 0.25) is 9.84 Å². The Morgan fingerprint density at radius 3 is 2.48 bits per heavy atom. The summed E-state index contributed by atoms with van der Waals surface area (Å²) in [5, 5.41) is 11.2. The number of rotatable bonds is 3. The molecule has 1 fully saturated rings. The largest absolute Gasteiger partial charge is 0.368 e. The summed E-state index contributed by atoms with van der Waals surface area (Å²) < 4.78 is 26.3. The van der Waals surface area contributed by atoms with E-state index in [-0.39, 0.29) is 9.92 Å². The average molecular weight is 356 g/mol. The minimum Gasteiger partial charge on any atom is -0.368 e. The second-order valence-electron chi connectivity index (χ2n) is 6.28. The van der Waals surface area contributed by atoms with E-state index < -0.39 is 9.84 Å². The van der Waals surface area contributed by atoms with Crippen LogP contribution in [0.3, 0.4) is 0 Å². The van der Waals surface area contributed by atoms with Gasteiger partial charge in [-0.05, 0) is 31.2 Å². The number of hydrogen-bond acceptors (Lipinski definition) is 5. The third-order valence-corrected chi connectivity index (χ3v) is 6.31. The smallest absolute Gasteiger partial charge is 0.223 e. The third-order valence-electron chi connectivity index (χ3n) is 4.58. The first kappa shape index (κ1) is 16.1. The molecule has 0 saturated carbocycles. The number of H-pyrrole nitrogens is 1. The number of nitrogens with one attached hydrogen (secondary N) is 2. The molecule has 25 heavy (non-hydrogen) atoms. The average Bonchev–Trinajstić information content (AvgIpc) is 3.08. The van der Waals surface area contributed by atoms with Crippen LogP contribution in [-0.2, 0) is 9.84 Å². The highest BCUT2D eigenvalue weighted by atomic mass is 32.2. The summed E-state index contributed by atoms with van der Waals surface area (Å²) in [6.07, 6.45) is 0. The van der Waals surface area contributed by atoms with Crippen molar-refractivity contribution >= 4 is 26.4 Å². The molecule has 2 N–H and O–H groups in total. The van der Waals surface area contributed by atoms with Crippen molar-refractivity contribution in [2.75, 3.05) is 31.1 Å². The molecule has 7 heteroatoms. The summed E-state index contributed by atoms with van der Waals surface area (Å²) in [6.45, 7) is 5.38. The molecule has 1 aromatic heterocycles. The Morgan fingerprint density at radius 1 is 1.04 bits per heavy atom. The number of nitrogens with zero attached hydrogens (tertiary/aromatic N) is 2. The third kappa shape index (κ3) is 2.79. The Bertz CT molecular complexity index is 1000. The Balaban J connectivity index is 1.89. The molecule has 2 aromatic carbocycles. The predicted octanol–water partition coefficient (Wildman–Crippen LogP) is 2.11. The fourth-order valence-electron chi connectivity index (χ4n) is 3.22. The maximum Gasteiger partial charge on any atom is 0.223 e. The van der Waals surface area contributed by atoms with Gasteiger partial charge in [-0.2, -0.15) is 5.10 Å². The summed E-state index contributed by atoms with van der Waals surface area (Å²) in [5.74, 6) is 0. The van der Waals surface area contributed by atoms with Crippen molar-refractivity contribution in [2.45, 2.75) is 16.8 Å². The number of sulfone groups is 1. The van der Waals surface area contributed by atoms with Gasteiger partial charge in [0.05, 0.1) is 15.8 Å². The molecule has 0 bridgehead atoms. The van der Waals surface area contributed by atoms with Crippen LogP contribution >= 0.6 is 0 Å². The number of piperazine rings is 1. The van der Waals surface area contributed by atoms with Gasteiger partial charge in [0.25, 0.3) is 0 Å². The molecule has 1 aliphatic rings. The minimum absolute atomic E-state index is 0.167. The molecular weight excluding hydrogens is 336 g/mol. The minimum atomic E-state index is -3.66. The first-order valence-corrected chi connectivity index (χ1v) is 9.80. The highest BCUT2D eigenvalue weighted by molar-refractivity contribution is 7.91. The zero-order valence-corrected chi connectivity index (χ0v) is 14.8. The van der Waals surface area contributed by atoms with Crippen molar-refractivity contribution in [1.29, 1.82) is 0 Å². The number of aromatic nitrogens is 2. The van der Waals surface area contributed by atoms with E-state index in [1.165, 1.54) is 0 Å². The SMILES string of the molecule is Cc1ccc(S(=O)(=O)c2[nH]nc3cccc(N4CCNCC4)c23)cc1. The van der Waals surface area contributed by atoms with Crippen molar-refractivity contribution in [3.63, 3.8) is 0 Å². The summed E-state index contributed by atoms with van der Waals surface area (Å²) in [6, 6.07) is 12.6. The maximum atomic E-state index is 13.2. The number of aryl methyl sites for hydroxylation is 1. The molecule has 1 aliphatic heterocycles. The molecule has 4 rings (SSSR count). The van der Waals surface area contributed by atoms with E-state index in [4.69, 9.17) is 0 Å². The van der Waals surface area contributed by atoms with E-state index in [0.717, 1.165) is 37.4 Å². The first-order valence-electron chi connectivity index (χ1n) is 8.32. The maximum absolute atomic E-state index is 13.2. The normalized spacial score (nSPS) is 15.6. The van der Waals surface area contributed by atoms with Gasteiger partial charge < -0.3 is 10.2 Å². The summed E-state index contributed by atoms with van der Waals surface area (Å²) in [7, 11) is -3.66. The van der Waals surface area contributed by atoms with Crippen LogP contribution in [0.1, 0.15) is 5.56 Å². The zero-order valence-electron chi connectivity index (χ0n) is 14.0. The van der Waals surface area contributed by atoms with Gasteiger partial charge in [0, 0.05) is 31.9 Å². The zero-order chi connectivity index (χ0) is 17.4. The van der Waals surface area contributed by atoms with Gasteiger partial charge in [0.1, 0.15) is 0 Å². The summed E-state index contributed by atoms with van der Waals surface area (Å²) in [5.41, 5.74) is 2.61. The van der Waals surface area contributed by atoms with E-state index in [0.29, 0.717) is 10.9 Å². The lowest BCUT2D eigenvalue weighted by Gasteiger charge is -2.30. The second kappa shape index (κ2) is 6.16. The van der Waals surface area contributed by atoms with Crippen LogP contribution in [0.4, 0.5) is 5.69 Å². The van der Waals surface area contributed by atoms with Crippen molar-refractivity contribution in [2.24, 2.45) is 0 Å². The van der Waals surface area contributed by atoms with Crippen LogP contribution in [-0.4, -0.2) is 44.8 Å². The lowest BCUT2D eigenvalue weighted by molar-refractivity contribution is 0.588.